The van der Waals surface area contributed by atoms with Gasteiger partial charge in [-0.3, -0.25) is 14.5 Å². The molecule has 1 heterocycles. The highest BCUT2D eigenvalue weighted by Crippen LogP contribution is 2.20. The van der Waals surface area contributed by atoms with Crippen molar-refractivity contribution in [1.29, 1.82) is 0 Å². The van der Waals surface area contributed by atoms with Gasteiger partial charge in [0.25, 0.3) is 5.91 Å². The molecule has 2 unspecified atom stereocenters. The number of nitrogens with one attached hydrogen (secondary N) is 2. The third kappa shape index (κ3) is 8.15. The lowest BCUT2D eigenvalue weighted by Crippen LogP contribution is -2.56. The Balaban J connectivity index is 1.92. The number of carbonyl (C=O) groups excluding carboxylic acids is 2. The Labute approximate surface area is 186 Å². The molecule has 0 spiro atoms. The molecule has 1 aliphatic heterocycles. The van der Waals surface area contributed by atoms with Gasteiger partial charge in [-0.1, -0.05) is 58.7 Å². The first-order valence-electron chi connectivity index (χ1n) is 11.5. The number of morpholine rings is 1. The van der Waals surface area contributed by atoms with Gasteiger partial charge in [0.2, 0.25) is 5.91 Å². The maximum Gasteiger partial charge on any atom is 0.258 e. The van der Waals surface area contributed by atoms with Gasteiger partial charge in [-0.15, -0.1) is 0 Å². The molecular weight excluding hydrogens is 394 g/mol. The molecule has 1 saturated heterocycles. The first-order chi connectivity index (χ1) is 15.0. The molecule has 2 amide bonds. The van der Waals surface area contributed by atoms with Crippen LogP contribution in [0.3, 0.4) is 0 Å². The molecule has 0 radical (unpaired) electrons. The first-order valence-corrected chi connectivity index (χ1v) is 11.5. The average Bonchev–Trinajstić information content (AvgIpc) is 2.79. The van der Waals surface area contributed by atoms with Crippen molar-refractivity contribution < 1.29 is 19.1 Å². The molecule has 174 valence electrons. The molecule has 2 atom stereocenters. The van der Waals surface area contributed by atoms with Crippen LogP contribution in [-0.4, -0.2) is 68.3 Å². The van der Waals surface area contributed by atoms with E-state index < -0.39 is 6.04 Å². The standard InChI is InChI=1S/C24H39N3O4/c1-5-19(6-2)21(27-12-14-30-15-13-27)16-25-24(29)23(18(3)4)26-22(28)17-31-20-10-8-7-9-11-20/h7-11,18-19,21,23H,5-6,12-17H2,1-4H3,(H,25,29)(H,26,28). The molecule has 1 fully saturated rings. The number of carbonyl (C=O) groups is 2. The molecule has 7 heteroatoms. The highest BCUT2D eigenvalue weighted by molar-refractivity contribution is 5.88. The predicted molar refractivity (Wildman–Crippen MR) is 122 cm³/mol. The molecule has 0 bridgehead atoms. The summed E-state index contributed by atoms with van der Waals surface area (Å²) in [4.78, 5) is 27.8. The van der Waals surface area contributed by atoms with Crippen molar-refractivity contribution in [3.8, 4) is 5.75 Å². The van der Waals surface area contributed by atoms with Crippen molar-refractivity contribution in [2.45, 2.75) is 52.6 Å². The molecule has 1 aliphatic rings. The lowest BCUT2D eigenvalue weighted by molar-refractivity contribution is -0.131. The van der Waals surface area contributed by atoms with Crippen LogP contribution in [0.4, 0.5) is 0 Å². The van der Waals surface area contributed by atoms with Crippen molar-refractivity contribution in [2.24, 2.45) is 11.8 Å². The summed E-state index contributed by atoms with van der Waals surface area (Å²) in [7, 11) is 0. The predicted octanol–water partition coefficient (Wildman–Crippen LogP) is 2.46. The van der Waals surface area contributed by atoms with Gasteiger partial charge in [0, 0.05) is 25.7 Å². The van der Waals surface area contributed by atoms with E-state index in [4.69, 9.17) is 9.47 Å². The highest BCUT2D eigenvalue weighted by Gasteiger charge is 2.29. The third-order valence-electron chi connectivity index (χ3n) is 5.97. The number of nitrogens with zero attached hydrogens (tertiary/aromatic N) is 1. The van der Waals surface area contributed by atoms with Crippen LogP contribution in [0.25, 0.3) is 0 Å². The number of hydrogen-bond acceptors (Lipinski definition) is 5. The maximum absolute atomic E-state index is 13.0. The van der Waals surface area contributed by atoms with E-state index in [2.05, 4.69) is 29.4 Å². The van der Waals surface area contributed by atoms with Crippen LogP contribution >= 0.6 is 0 Å². The number of hydrogen-bond donors (Lipinski definition) is 2. The molecule has 2 rings (SSSR count). The quantitative estimate of drug-likeness (QED) is 0.529. The van der Waals surface area contributed by atoms with Crippen LogP contribution in [0.2, 0.25) is 0 Å². The highest BCUT2D eigenvalue weighted by atomic mass is 16.5. The van der Waals surface area contributed by atoms with Gasteiger partial charge in [0.15, 0.2) is 6.61 Å². The maximum atomic E-state index is 13.0. The van der Waals surface area contributed by atoms with Gasteiger partial charge in [-0.25, -0.2) is 0 Å². The van der Waals surface area contributed by atoms with E-state index in [0.29, 0.717) is 18.2 Å². The van der Waals surface area contributed by atoms with E-state index in [0.717, 1.165) is 39.1 Å². The monoisotopic (exact) mass is 433 g/mol. The minimum absolute atomic E-state index is 0.0318. The Morgan fingerprint density at radius 2 is 1.74 bits per heavy atom. The lowest BCUT2D eigenvalue weighted by Gasteiger charge is -2.39. The first kappa shape index (κ1) is 25.1. The normalized spacial score (nSPS) is 16.7. The third-order valence-corrected chi connectivity index (χ3v) is 5.97. The van der Waals surface area contributed by atoms with Crippen LogP contribution < -0.4 is 15.4 Å². The molecule has 0 aromatic heterocycles. The summed E-state index contributed by atoms with van der Waals surface area (Å²) in [5.74, 6) is 0.650. The molecule has 0 saturated carbocycles. The summed E-state index contributed by atoms with van der Waals surface area (Å²) in [5, 5.41) is 5.95. The van der Waals surface area contributed by atoms with Crippen LogP contribution in [-0.2, 0) is 14.3 Å². The second-order valence-corrected chi connectivity index (χ2v) is 8.43. The fourth-order valence-corrected chi connectivity index (χ4v) is 4.07. The minimum Gasteiger partial charge on any atom is -0.484 e. The summed E-state index contributed by atoms with van der Waals surface area (Å²) in [6.45, 7) is 12.0. The Hall–Kier alpha value is -2.12. The van der Waals surface area contributed by atoms with Gasteiger partial charge in [-0.05, 0) is 24.0 Å². The van der Waals surface area contributed by atoms with Crippen molar-refractivity contribution >= 4 is 11.8 Å². The zero-order valence-electron chi connectivity index (χ0n) is 19.4. The van der Waals surface area contributed by atoms with Crippen molar-refractivity contribution in [2.75, 3.05) is 39.5 Å². The van der Waals surface area contributed by atoms with Gasteiger partial charge < -0.3 is 20.1 Å². The molecular formula is C24H39N3O4. The Bertz CT molecular complexity index is 658. The van der Waals surface area contributed by atoms with Crippen LogP contribution in [0.5, 0.6) is 5.75 Å². The largest absolute Gasteiger partial charge is 0.484 e. The Morgan fingerprint density at radius 1 is 1.10 bits per heavy atom. The zero-order chi connectivity index (χ0) is 22.6. The molecule has 1 aromatic carbocycles. The Kier molecular flexibility index (Phi) is 10.8. The molecule has 1 aromatic rings. The molecule has 7 nitrogen and oxygen atoms in total. The fraction of sp³-hybridized carbons (Fsp3) is 0.667. The second kappa shape index (κ2) is 13.3. The summed E-state index contributed by atoms with van der Waals surface area (Å²) >= 11 is 0. The van der Waals surface area contributed by atoms with Crippen molar-refractivity contribution in [1.82, 2.24) is 15.5 Å². The van der Waals surface area contributed by atoms with Crippen LogP contribution in [0.15, 0.2) is 30.3 Å². The zero-order valence-corrected chi connectivity index (χ0v) is 19.4. The molecule has 2 N–H and O–H groups in total. The van der Waals surface area contributed by atoms with E-state index in [-0.39, 0.29) is 30.4 Å². The number of amides is 2. The molecule has 0 aliphatic carbocycles. The Morgan fingerprint density at radius 3 is 2.32 bits per heavy atom. The smallest absolute Gasteiger partial charge is 0.258 e. The van der Waals surface area contributed by atoms with E-state index >= 15 is 0 Å². The second-order valence-electron chi connectivity index (χ2n) is 8.43. The number of benzene rings is 1. The van der Waals surface area contributed by atoms with Gasteiger partial charge in [0.05, 0.1) is 13.2 Å². The van der Waals surface area contributed by atoms with Crippen molar-refractivity contribution in [3.05, 3.63) is 30.3 Å². The average molecular weight is 434 g/mol. The fourth-order valence-electron chi connectivity index (χ4n) is 4.07. The van der Waals surface area contributed by atoms with E-state index in [1.165, 1.54) is 0 Å². The number of ether oxygens (including phenoxy) is 2. The number of rotatable bonds is 12. The van der Waals surface area contributed by atoms with Crippen LogP contribution in [0, 0.1) is 11.8 Å². The molecule has 31 heavy (non-hydrogen) atoms. The summed E-state index contributed by atoms with van der Waals surface area (Å²) < 4.78 is 11.0. The van der Waals surface area contributed by atoms with Gasteiger partial charge in [-0.2, -0.15) is 0 Å². The topological polar surface area (TPSA) is 79.9 Å². The van der Waals surface area contributed by atoms with Gasteiger partial charge >= 0.3 is 0 Å². The summed E-state index contributed by atoms with van der Waals surface area (Å²) in [6, 6.07) is 8.85. The van der Waals surface area contributed by atoms with Crippen molar-refractivity contribution in [3.63, 3.8) is 0 Å². The van der Waals surface area contributed by atoms with E-state index in [9.17, 15) is 9.59 Å². The minimum atomic E-state index is -0.598. The summed E-state index contributed by atoms with van der Waals surface area (Å²) in [6.07, 6.45) is 2.13. The summed E-state index contributed by atoms with van der Waals surface area (Å²) in [5.41, 5.74) is 0. The van der Waals surface area contributed by atoms with E-state index in [1.807, 2.05) is 32.0 Å². The van der Waals surface area contributed by atoms with Crippen LogP contribution in [0.1, 0.15) is 40.5 Å². The number of para-hydroxylation sites is 1. The van der Waals surface area contributed by atoms with Gasteiger partial charge in [0.1, 0.15) is 11.8 Å². The lowest BCUT2D eigenvalue weighted by atomic mass is 9.92. The SMILES string of the molecule is CCC(CC)C(CNC(=O)C(NC(=O)COc1ccccc1)C(C)C)N1CCOCC1. The van der Waals surface area contributed by atoms with E-state index in [1.54, 1.807) is 12.1 Å².